The van der Waals surface area contributed by atoms with E-state index < -0.39 is 0 Å². The fourth-order valence-corrected chi connectivity index (χ4v) is 2.99. The predicted molar refractivity (Wildman–Crippen MR) is 84.0 cm³/mol. The largest absolute Gasteiger partial charge is 0.317 e. The lowest BCUT2D eigenvalue weighted by atomic mass is 9.93. The minimum Gasteiger partial charge on any atom is -0.317 e. The van der Waals surface area contributed by atoms with Crippen LogP contribution in [0.4, 0.5) is 0 Å². The lowest BCUT2D eigenvalue weighted by Crippen LogP contribution is -2.26. The Morgan fingerprint density at radius 3 is 2.55 bits per heavy atom. The maximum absolute atomic E-state index is 4.72. The van der Waals surface area contributed by atoms with Gasteiger partial charge >= 0.3 is 0 Å². The van der Waals surface area contributed by atoms with E-state index in [1.165, 1.54) is 40.8 Å². The Hall–Kier alpha value is -1.67. The van der Waals surface area contributed by atoms with Crippen LogP contribution in [0.25, 0.3) is 11.1 Å². The van der Waals surface area contributed by atoms with E-state index >= 15 is 0 Å². The van der Waals surface area contributed by atoms with Crippen LogP contribution in [0.1, 0.15) is 35.6 Å². The van der Waals surface area contributed by atoms with E-state index in [-0.39, 0.29) is 0 Å². The smallest absolute Gasteiger partial charge is 0.0435 e. The minimum atomic E-state index is 0.629. The third kappa shape index (κ3) is 2.61. The van der Waals surface area contributed by atoms with Crippen molar-refractivity contribution in [2.45, 2.75) is 32.6 Å². The lowest BCUT2D eigenvalue weighted by Gasteiger charge is -2.22. The quantitative estimate of drug-likeness (QED) is 0.893. The van der Waals surface area contributed by atoms with Gasteiger partial charge in [0.05, 0.1) is 0 Å². The number of pyridine rings is 1. The molecule has 0 atom stereocenters. The monoisotopic (exact) mass is 266 g/mol. The Kier molecular flexibility index (Phi) is 3.83. The van der Waals surface area contributed by atoms with Gasteiger partial charge in [0.2, 0.25) is 0 Å². The fraction of sp³-hybridized carbons (Fsp3) is 0.389. The zero-order valence-electron chi connectivity index (χ0n) is 12.3. The van der Waals surface area contributed by atoms with Crippen molar-refractivity contribution in [1.29, 1.82) is 0 Å². The molecule has 1 aromatic heterocycles. The Morgan fingerprint density at radius 1 is 1.05 bits per heavy atom. The number of nitrogens with one attached hydrogen (secondary N) is 1. The van der Waals surface area contributed by atoms with Crippen LogP contribution in [0.5, 0.6) is 0 Å². The summed E-state index contributed by atoms with van der Waals surface area (Å²) in [6.07, 6.45) is 4.45. The molecule has 1 fully saturated rings. The van der Waals surface area contributed by atoms with Crippen LogP contribution in [0, 0.1) is 13.8 Å². The molecule has 2 heterocycles. The van der Waals surface area contributed by atoms with E-state index in [0.717, 1.165) is 13.1 Å². The summed E-state index contributed by atoms with van der Waals surface area (Å²) in [5.74, 6) is 0.629. The molecule has 0 spiro atoms. The van der Waals surface area contributed by atoms with Gasteiger partial charge in [0.1, 0.15) is 0 Å². The first-order valence-electron chi connectivity index (χ1n) is 7.49. The van der Waals surface area contributed by atoms with E-state index in [4.69, 9.17) is 4.98 Å². The first-order chi connectivity index (χ1) is 9.75. The second-order valence-corrected chi connectivity index (χ2v) is 5.74. The average molecular weight is 266 g/mol. The summed E-state index contributed by atoms with van der Waals surface area (Å²) >= 11 is 0. The number of rotatable bonds is 2. The van der Waals surface area contributed by atoms with E-state index in [2.05, 4.69) is 49.5 Å². The third-order valence-corrected chi connectivity index (χ3v) is 4.46. The molecule has 1 N–H and O–H groups in total. The molecule has 2 heteroatoms. The summed E-state index contributed by atoms with van der Waals surface area (Å²) in [4.78, 5) is 4.72. The number of aryl methyl sites for hydroxylation is 1. The Bertz CT molecular complexity index is 581. The van der Waals surface area contributed by atoms with Gasteiger partial charge in [-0.15, -0.1) is 0 Å². The molecule has 3 rings (SSSR count). The highest BCUT2D eigenvalue weighted by Gasteiger charge is 2.16. The third-order valence-electron chi connectivity index (χ3n) is 4.46. The molecule has 1 saturated heterocycles. The number of piperidine rings is 1. The number of aromatic nitrogens is 1. The number of nitrogens with zero attached hydrogens (tertiary/aromatic N) is 1. The summed E-state index contributed by atoms with van der Waals surface area (Å²) in [7, 11) is 0. The van der Waals surface area contributed by atoms with Gasteiger partial charge in [0.25, 0.3) is 0 Å². The summed E-state index contributed by atoms with van der Waals surface area (Å²) in [5, 5.41) is 3.41. The van der Waals surface area contributed by atoms with E-state index in [9.17, 15) is 0 Å². The normalized spacial score (nSPS) is 16.3. The molecule has 1 aliphatic rings. The van der Waals surface area contributed by atoms with Gasteiger partial charge in [-0.3, -0.25) is 4.98 Å². The van der Waals surface area contributed by atoms with Gasteiger partial charge in [-0.1, -0.05) is 24.3 Å². The molecule has 0 radical (unpaired) electrons. The molecular formula is C18H22N2. The molecule has 2 nitrogen and oxygen atoms in total. The number of hydrogen-bond donors (Lipinski definition) is 1. The van der Waals surface area contributed by atoms with Crippen molar-refractivity contribution in [2.24, 2.45) is 0 Å². The number of benzene rings is 1. The van der Waals surface area contributed by atoms with Gasteiger partial charge in [-0.05, 0) is 62.5 Å². The molecule has 1 aliphatic heterocycles. The molecule has 1 aromatic carbocycles. The predicted octanol–water partition coefficient (Wildman–Crippen LogP) is 3.83. The van der Waals surface area contributed by atoms with E-state index in [1.54, 1.807) is 0 Å². The Labute approximate surface area is 121 Å². The maximum Gasteiger partial charge on any atom is 0.0435 e. The molecule has 0 unspecified atom stereocenters. The minimum absolute atomic E-state index is 0.629. The lowest BCUT2D eigenvalue weighted by molar-refractivity contribution is 0.453. The van der Waals surface area contributed by atoms with Crippen molar-refractivity contribution >= 4 is 0 Å². The highest BCUT2D eigenvalue weighted by atomic mass is 14.9. The highest BCUT2D eigenvalue weighted by molar-refractivity contribution is 5.67. The zero-order valence-corrected chi connectivity index (χ0v) is 12.3. The SMILES string of the molecule is Cc1cccc(-c2ccc(C3CCNCC3)nc2)c1C. The summed E-state index contributed by atoms with van der Waals surface area (Å²) in [6.45, 7) is 6.58. The van der Waals surface area contributed by atoms with Crippen molar-refractivity contribution in [3.05, 3.63) is 53.3 Å². The molecular weight excluding hydrogens is 244 g/mol. The van der Waals surface area contributed by atoms with Crippen LogP contribution in [0.15, 0.2) is 36.5 Å². The van der Waals surface area contributed by atoms with Crippen molar-refractivity contribution in [1.82, 2.24) is 10.3 Å². The molecule has 104 valence electrons. The second-order valence-electron chi connectivity index (χ2n) is 5.74. The fourth-order valence-electron chi connectivity index (χ4n) is 2.99. The van der Waals surface area contributed by atoms with Gasteiger partial charge in [0, 0.05) is 23.4 Å². The standard InChI is InChI=1S/C18H22N2/c1-13-4-3-5-17(14(13)2)16-6-7-18(20-12-16)15-8-10-19-11-9-15/h3-7,12,15,19H,8-11H2,1-2H3. The number of hydrogen-bond acceptors (Lipinski definition) is 2. The Balaban J connectivity index is 1.87. The van der Waals surface area contributed by atoms with Crippen LogP contribution in [-0.2, 0) is 0 Å². The molecule has 0 saturated carbocycles. The second kappa shape index (κ2) is 5.76. The first-order valence-corrected chi connectivity index (χ1v) is 7.49. The highest BCUT2D eigenvalue weighted by Crippen LogP contribution is 2.28. The summed E-state index contributed by atoms with van der Waals surface area (Å²) in [5.41, 5.74) is 6.47. The van der Waals surface area contributed by atoms with Crippen LogP contribution in [-0.4, -0.2) is 18.1 Å². The van der Waals surface area contributed by atoms with Crippen molar-refractivity contribution in [3.63, 3.8) is 0 Å². The molecule has 2 aromatic rings. The van der Waals surface area contributed by atoms with Crippen molar-refractivity contribution in [2.75, 3.05) is 13.1 Å². The molecule has 0 amide bonds. The topological polar surface area (TPSA) is 24.9 Å². The van der Waals surface area contributed by atoms with Crippen LogP contribution in [0.2, 0.25) is 0 Å². The first kappa shape index (κ1) is 13.3. The summed E-state index contributed by atoms with van der Waals surface area (Å²) < 4.78 is 0. The van der Waals surface area contributed by atoms with Crippen LogP contribution in [0.3, 0.4) is 0 Å². The molecule has 20 heavy (non-hydrogen) atoms. The van der Waals surface area contributed by atoms with Gasteiger partial charge in [0.15, 0.2) is 0 Å². The maximum atomic E-state index is 4.72. The molecule has 0 aliphatic carbocycles. The van der Waals surface area contributed by atoms with E-state index in [1.807, 2.05) is 6.20 Å². The zero-order chi connectivity index (χ0) is 13.9. The van der Waals surface area contributed by atoms with Crippen molar-refractivity contribution in [3.8, 4) is 11.1 Å². The average Bonchev–Trinajstić information content (AvgIpc) is 2.51. The van der Waals surface area contributed by atoms with Gasteiger partial charge in [-0.2, -0.15) is 0 Å². The van der Waals surface area contributed by atoms with E-state index in [0.29, 0.717) is 5.92 Å². The van der Waals surface area contributed by atoms with Crippen LogP contribution < -0.4 is 5.32 Å². The van der Waals surface area contributed by atoms with Gasteiger partial charge in [-0.25, -0.2) is 0 Å². The van der Waals surface area contributed by atoms with Crippen LogP contribution >= 0.6 is 0 Å². The summed E-state index contributed by atoms with van der Waals surface area (Å²) in [6, 6.07) is 10.9. The van der Waals surface area contributed by atoms with Gasteiger partial charge < -0.3 is 5.32 Å². The molecule has 0 bridgehead atoms. The Morgan fingerprint density at radius 2 is 1.85 bits per heavy atom. The van der Waals surface area contributed by atoms with Crippen molar-refractivity contribution < 1.29 is 0 Å².